The van der Waals surface area contributed by atoms with Gasteiger partial charge in [-0.05, 0) is 43.3 Å². The molecule has 20 heavy (non-hydrogen) atoms. The third-order valence-electron chi connectivity index (χ3n) is 2.96. The fourth-order valence-corrected chi connectivity index (χ4v) is 2.20. The molecular formula is C15H12ClN3O. The van der Waals surface area contributed by atoms with E-state index >= 15 is 0 Å². The smallest absolute Gasteiger partial charge is 0.273 e. The standard InChI is InChI=1S/C15H12ClN3O/c1-9-3-2-4-14(17-9)19-15(20)13-8-10-7-11(16)5-6-12(10)18-13/h2-8,18H,1H3,(H,17,19,20). The zero-order valence-corrected chi connectivity index (χ0v) is 11.5. The molecule has 0 saturated carbocycles. The van der Waals surface area contributed by atoms with E-state index in [0.29, 0.717) is 16.5 Å². The van der Waals surface area contributed by atoms with E-state index < -0.39 is 0 Å². The van der Waals surface area contributed by atoms with Gasteiger partial charge in [-0.2, -0.15) is 0 Å². The van der Waals surface area contributed by atoms with Gasteiger partial charge in [-0.15, -0.1) is 0 Å². The van der Waals surface area contributed by atoms with E-state index in [1.54, 1.807) is 18.2 Å². The lowest BCUT2D eigenvalue weighted by atomic mass is 10.2. The minimum atomic E-state index is -0.226. The zero-order chi connectivity index (χ0) is 14.1. The van der Waals surface area contributed by atoms with Gasteiger partial charge < -0.3 is 10.3 Å². The number of anilines is 1. The number of benzene rings is 1. The van der Waals surface area contributed by atoms with Crippen LogP contribution in [0, 0.1) is 6.92 Å². The quantitative estimate of drug-likeness (QED) is 0.753. The number of fused-ring (bicyclic) bond motifs is 1. The molecular weight excluding hydrogens is 274 g/mol. The predicted molar refractivity (Wildman–Crippen MR) is 80.2 cm³/mol. The number of hydrogen-bond acceptors (Lipinski definition) is 2. The fourth-order valence-electron chi connectivity index (χ4n) is 2.02. The van der Waals surface area contributed by atoms with Crippen molar-refractivity contribution in [1.29, 1.82) is 0 Å². The highest BCUT2D eigenvalue weighted by Gasteiger charge is 2.10. The number of aryl methyl sites for hydroxylation is 1. The van der Waals surface area contributed by atoms with E-state index in [1.807, 2.05) is 31.2 Å². The van der Waals surface area contributed by atoms with Gasteiger partial charge in [-0.25, -0.2) is 4.98 Å². The molecule has 100 valence electrons. The molecule has 0 fully saturated rings. The first kappa shape index (κ1) is 12.7. The Kier molecular flexibility index (Phi) is 3.16. The number of rotatable bonds is 2. The molecule has 2 N–H and O–H groups in total. The van der Waals surface area contributed by atoms with Crippen molar-refractivity contribution < 1.29 is 4.79 Å². The monoisotopic (exact) mass is 285 g/mol. The summed E-state index contributed by atoms with van der Waals surface area (Å²) < 4.78 is 0. The van der Waals surface area contributed by atoms with Crippen LogP contribution in [0.5, 0.6) is 0 Å². The summed E-state index contributed by atoms with van der Waals surface area (Å²) >= 11 is 5.93. The van der Waals surface area contributed by atoms with Crippen LogP contribution in [0.2, 0.25) is 5.02 Å². The third-order valence-corrected chi connectivity index (χ3v) is 3.19. The Morgan fingerprint density at radius 3 is 2.90 bits per heavy atom. The Bertz CT molecular complexity index is 795. The number of pyridine rings is 1. The molecule has 3 rings (SSSR count). The second-order valence-corrected chi connectivity index (χ2v) is 4.97. The second kappa shape index (κ2) is 4.98. The van der Waals surface area contributed by atoms with Gasteiger partial charge in [0.1, 0.15) is 11.5 Å². The highest BCUT2D eigenvalue weighted by atomic mass is 35.5. The normalized spacial score (nSPS) is 10.7. The van der Waals surface area contributed by atoms with E-state index in [-0.39, 0.29) is 5.91 Å². The Labute approximate surface area is 120 Å². The summed E-state index contributed by atoms with van der Waals surface area (Å²) in [5.41, 5.74) is 2.20. The Hall–Kier alpha value is -2.33. The van der Waals surface area contributed by atoms with E-state index in [1.165, 1.54) is 0 Å². The fraction of sp³-hybridized carbons (Fsp3) is 0.0667. The van der Waals surface area contributed by atoms with E-state index in [4.69, 9.17) is 11.6 Å². The van der Waals surface area contributed by atoms with Crippen LogP contribution in [0.15, 0.2) is 42.5 Å². The summed E-state index contributed by atoms with van der Waals surface area (Å²) in [5.74, 6) is 0.308. The number of aromatic nitrogens is 2. The third kappa shape index (κ3) is 2.51. The van der Waals surface area contributed by atoms with Crippen LogP contribution in [0.3, 0.4) is 0 Å². The van der Waals surface area contributed by atoms with Crippen LogP contribution in [0.1, 0.15) is 16.2 Å². The average Bonchev–Trinajstić information content (AvgIpc) is 2.81. The molecule has 0 aliphatic carbocycles. The molecule has 3 aromatic rings. The molecule has 2 heterocycles. The lowest BCUT2D eigenvalue weighted by Gasteiger charge is -2.03. The minimum absolute atomic E-state index is 0.226. The molecule has 0 aliphatic heterocycles. The highest BCUT2D eigenvalue weighted by molar-refractivity contribution is 6.31. The highest BCUT2D eigenvalue weighted by Crippen LogP contribution is 2.20. The van der Waals surface area contributed by atoms with Gasteiger partial charge in [0.25, 0.3) is 5.91 Å². The van der Waals surface area contributed by atoms with Gasteiger partial charge in [0, 0.05) is 21.6 Å². The van der Waals surface area contributed by atoms with E-state index in [9.17, 15) is 4.79 Å². The van der Waals surface area contributed by atoms with Crippen LogP contribution in [0.4, 0.5) is 5.82 Å². The van der Waals surface area contributed by atoms with Gasteiger partial charge in [0.05, 0.1) is 0 Å². The van der Waals surface area contributed by atoms with Crippen molar-refractivity contribution in [2.45, 2.75) is 6.92 Å². The van der Waals surface area contributed by atoms with E-state index in [2.05, 4.69) is 15.3 Å². The lowest BCUT2D eigenvalue weighted by molar-refractivity contribution is 0.102. The zero-order valence-electron chi connectivity index (χ0n) is 10.8. The topological polar surface area (TPSA) is 57.8 Å². The van der Waals surface area contributed by atoms with Crippen LogP contribution >= 0.6 is 11.6 Å². The summed E-state index contributed by atoms with van der Waals surface area (Å²) in [6, 6.07) is 12.7. The SMILES string of the molecule is Cc1cccc(NC(=O)c2cc3cc(Cl)ccc3[nH]2)n1. The molecule has 0 spiro atoms. The molecule has 0 aliphatic rings. The number of aromatic amines is 1. The average molecular weight is 286 g/mol. The molecule has 1 aromatic carbocycles. The van der Waals surface area contributed by atoms with Crippen molar-refractivity contribution in [3.63, 3.8) is 0 Å². The Morgan fingerprint density at radius 1 is 1.25 bits per heavy atom. The van der Waals surface area contributed by atoms with Crippen molar-refractivity contribution in [3.05, 3.63) is 58.9 Å². The van der Waals surface area contributed by atoms with Crippen molar-refractivity contribution in [2.24, 2.45) is 0 Å². The largest absolute Gasteiger partial charge is 0.351 e. The molecule has 0 saturated heterocycles. The van der Waals surface area contributed by atoms with Gasteiger partial charge in [-0.3, -0.25) is 4.79 Å². The van der Waals surface area contributed by atoms with Gasteiger partial charge in [-0.1, -0.05) is 17.7 Å². The number of H-pyrrole nitrogens is 1. The number of nitrogens with one attached hydrogen (secondary N) is 2. The molecule has 0 atom stereocenters. The minimum Gasteiger partial charge on any atom is -0.351 e. The van der Waals surface area contributed by atoms with Crippen molar-refractivity contribution >= 4 is 34.2 Å². The summed E-state index contributed by atoms with van der Waals surface area (Å²) in [5, 5.41) is 4.31. The molecule has 2 aromatic heterocycles. The van der Waals surface area contributed by atoms with Crippen LogP contribution < -0.4 is 5.32 Å². The van der Waals surface area contributed by atoms with Crippen molar-refractivity contribution in [2.75, 3.05) is 5.32 Å². The maximum Gasteiger partial charge on any atom is 0.273 e. The van der Waals surface area contributed by atoms with Gasteiger partial charge >= 0.3 is 0 Å². The van der Waals surface area contributed by atoms with Crippen LogP contribution in [-0.2, 0) is 0 Å². The maximum atomic E-state index is 12.2. The first-order valence-electron chi connectivity index (χ1n) is 6.15. The molecule has 4 nitrogen and oxygen atoms in total. The molecule has 1 amide bonds. The predicted octanol–water partition coefficient (Wildman–Crippen LogP) is 3.78. The van der Waals surface area contributed by atoms with E-state index in [0.717, 1.165) is 16.6 Å². The Balaban J connectivity index is 1.88. The molecule has 5 heteroatoms. The van der Waals surface area contributed by atoms with Gasteiger partial charge in [0.15, 0.2) is 0 Å². The number of carbonyl (C=O) groups is 1. The number of carbonyl (C=O) groups excluding carboxylic acids is 1. The number of hydrogen-bond donors (Lipinski definition) is 2. The first-order chi connectivity index (χ1) is 9.61. The molecule has 0 bridgehead atoms. The molecule has 0 unspecified atom stereocenters. The van der Waals surface area contributed by atoms with Crippen molar-refractivity contribution in [1.82, 2.24) is 9.97 Å². The first-order valence-corrected chi connectivity index (χ1v) is 6.53. The number of nitrogens with zero attached hydrogens (tertiary/aromatic N) is 1. The summed E-state index contributed by atoms with van der Waals surface area (Å²) in [4.78, 5) is 19.5. The molecule has 0 radical (unpaired) electrons. The maximum absolute atomic E-state index is 12.2. The number of halogens is 1. The summed E-state index contributed by atoms with van der Waals surface area (Å²) in [6.45, 7) is 1.88. The Morgan fingerprint density at radius 2 is 2.10 bits per heavy atom. The lowest BCUT2D eigenvalue weighted by Crippen LogP contribution is -2.13. The van der Waals surface area contributed by atoms with Crippen molar-refractivity contribution in [3.8, 4) is 0 Å². The second-order valence-electron chi connectivity index (χ2n) is 4.53. The van der Waals surface area contributed by atoms with Crippen LogP contribution in [-0.4, -0.2) is 15.9 Å². The number of amides is 1. The van der Waals surface area contributed by atoms with Gasteiger partial charge in [0.2, 0.25) is 0 Å². The summed E-state index contributed by atoms with van der Waals surface area (Å²) in [6.07, 6.45) is 0. The van der Waals surface area contributed by atoms with Crippen LogP contribution in [0.25, 0.3) is 10.9 Å². The summed E-state index contributed by atoms with van der Waals surface area (Å²) in [7, 11) is 0.